The van der Waals surface area contributed by atoms with Crippen LogP contribution in [0.1, 0.15) is 46.4 Å². The molecule has 1 aliphatic carbocycles. The van der Waals surface area contributed by atoms with Crippen LogP contribution in [-0.4, -0.2) is 16.0 Å². The van der Waals surface area contributed by atoms with Crippen molar-refractivity contribution < 1.29 is 9.59 Å². The van der Waals surface area contributed by atoms with Crippen molar-refractivity contribution in [2.45, 2.75) is 25.7 Å². The molecule has 0 spiro atoms. The van der Waals surface area contributed by atoms with Crippen LogP contribution in [0.4, 0.5) is 5.82 Å². The quantitative estimate of drug-likeness (QED) is 0.662. The van der Waals surface area contributed by atoms with Crippen LogP contribution in [0.3, 0.4) is 0 Å². The Bertz CT molecular complexity index is 468. The maximum Gasteiger partial charge on any atom is 0.256 e. The summed E-state index contributed by atoms with van der Waals surface area (Å²) in [6.45, 7) is 0. The fraction of sp³-hybridized carbons (Fsp3) is 0.417. The third-order valence-electron chi connectivity index (χ3n) is 3.17. The highest BCUT2D eigenvalue weighted by Gasteiger charge is 2.28. The Balaban J connectivity index is 2.40. The molecule has 0 unspecified atom stereocenters. The summed E-state index contributed by atoms with van der Waals surface area (Å²) in [5.41, 5.74) is 5.95. The lowest BCUT2D eigenvalue weighted by Crippen LogP contribution is -2.16. The summed E-state index contributed by atoms with van der Waals surface area (Å²) in [4.78, 5) is 27.3. The Labute approximate surface area is 104 Å². The number of aromatic nitrogens is 1. The molecule has 90 valence electrons. The molecule has 1 aliphatic rings. The van der Waals surface area contributed by atoms with Crippen molar-refractivity contribution >= 4 is 28.4 Å². The van der Waals surface area contributed by atoms with E-state index >= 15 is 0 Å². The zero-order valence-corrected chi connectivity index (χ0v) is 10.0. The van der Waals surface area contributed by atoms with Crippen LogP contribution in [0.2, 0.25) is 0 Å². The Hall–Kier alpha value is -1.42. The number of ketones is 1. The fourth-order valence-corrected chi connectivity index (χ4v) is 2.50. The summed E-state index contributed by atoms with van der Waals surface area (Å²) in [6, 6.07) is 1.52. The lowest BCUT2D eigenvalue weighted by atomic mass is 9.94. The average Bonchev–Trinajstić information content (AvgIpc) is 2.80. The van der Waals surface area contributed by atoms with Crippen LogP contribution in [0, 0.1) is 5.92 Å². The maximum absolute atomic E-state index is 12.2. The number of carbonyl (C=O) groups is 2. The average molecular weight is 253 g/mol. The molecule has 0 amide bonds. The predicted molar refractivity (Wildman–Crippen MR) is 65.1 cm³/mol. The Morgan fingerprint density at radius 3 is 2.59 bits per heavy atom. The molecule has 17 heavy (non-hydrogen) atoms. The highest BCUT2D eigenvalue weighted by molar-refractivity contribution is 6.68. The number of hydrogen-bond acceptors (Lipinski definition) is 4. The second-order valence-electron chi connectivity index (χ2n) is 4.24. The van der Waals surface area contributed by atoms with Gasteiger partial charge in [-0.2, -0.15) is 0 Å². The third-order valence-corrected chi connectivity index (χ3v) is 3.36. The first kappa shape index (κ1) is 12.0. The van der Waals surface area contributed by atoms with Crippen LogP contribution in [-0.2, 0) is 0 Å². The molecule has 0 atom stereocenters. The normalized spacial score (nSPS) is 16.1. The number of rotatable bonds is 3. The van der Waals surface area contributed by atoms with Gasteiger partial charge in [0.25, 0.3) is 5.24 Å². The van der Waals surface area contributed by atoms with E-state index in [1.54, 1.807) is 0 Å². The molecule has 1 aromatic rings. The molecular weight excluding hydrogens is 240 g/mol. The van der Waals surface area contributed by atoms with Gasteiger partial charge in [0, 0.05) is 17.7 Å². The second kappa shape index (κ2) is 4.84. The molecule has 4 nitrogen and oxygen atoms in total. The SMILES string of the molecule is Nc1nccc(C(=O)C2CCCC2)c1C(=O)Cl. The van der Waals surface area contributed by atoms with E-state index in [0.29, 0.717) is 5.56 Å². The summed E-state index contributed by atoms with van der Waals surface area (Å²) in [7, 11) is 0. The molecule has 0 bridgehead atoms. The van der Waals surface area contributed by atoms with E-state index in [0.717, 1.165) is 25.7 Å². The molecule has 5 heteroatoms. The Morgan fingerprint density at radius 1 is 1.35 bits per heavy atom. The van der Waals surface area contributed by atoms with Crippen molar-refractivity contribution in [3.63, 3.8) is 0 Å². The van der Waals surface area contributed by atoms with E-state index in [4.69, 9.17) is 17.3 Å². The Morgan fingerprint density at radius 2 is 2.00 bits per heavy atom. The lowest BCUT2D eigenvalue weighted by Gasteiger charge is -2.11. The number of carbonyl (C=O) groups excluding carboxylic acids is 2. The molecule has 0 radical (unpaired) electrons. The second-order valence-corrected chi connectivity index (χ2v) is 4.58. The molecule has 1 saturated carbocycles. The summed E-state index contributed by atoms with van der Waals surface area (Å²) < 4.78 is 0. The molecule has 0 aliphatic heterocycles. The number of halogens is 1. The maximum atomic E-state index is 12.2. The molecular formula is C12H13ClN2O2. The van der Waals surface area contributed by atoms with Gasteiger partial charge in [-0.05, 0) is 30.5 Å². The van der Waals surface area contributed by atoms with Crippen LogP contribution in [0.15, 0.2) is 12.3 Å². The van der Waals surface area contributed by atoms with E-state index in [1.807, 2.05) is 0 Å². The van der Waals surface area contributed by atoms with E-state index in [9.17, 15) is 9.59 Å². The fourth-order valence-electron chi connectivity index (χ4n) is 2.30. The largest absolute Gasteiger partial charge is 0.383 e. The molecule has 0 aromatic carbocycles. The minimum Gasteiger partial charge on any atom is -0.383 e. The zero-order chi connectivity index (χ0) is 12.4. The number of pyridine rings is 1. The van der Waals surface area contributed by atoms with E-state index < -0.39 is 5.24 Å². The minimum atomic E-state index is -0.725. The van der Waals surface area contributed by atoms with Crippen molar-refractivity contribution in [2.75, 3.05) is 5.73 Å². The summed E-state index contributed by atoms with van der Waals surface area (Å²) in [5, 5.41) is -0.725. The summed E-state index contributed by atoms with van der Waals surface area (Å²) in [6.07, 6.45) is 5.29. The van der Waals surface area contributed by atoms with E-state index in [1.165, 1.54) is 12.3 Å². The minimum absolute atomic E-state index is 0.00781. The van der Waals surface area contributed by atoms with Gasteiger partial charge in [0.1, 0.15) is 5.82 Å². The van der Waals surface area contributed by atoms with Crippen molar-refractivity contribution in [1.82, 2.24) is 4.98 Å². The summed E-state index contributed by atoms with van der Waals surface area (Å²) in [5.74, 6) is -0.0268. The number of anilines is 1. The smallest absolute Gasteiger partial charge is 0.256 e. The first-order valence-corrected chi connectivity index (χ1v) is 5.97. The van der Waals surface area contributed by atoms with Gasteiger partial charge < -0.3 is 5.73 Å². The highest BCUT2D eigenvalue weighted by Crippen LogP contribution is 2.30. The van der Waals surface area contributed by atoms with Gasteiger partial charge in [-0.15, -0.1) is 0 Å². The van der Waals surface area contributed by atoms with Gasteiger partial charge in [0.2, 0.25) is 0 Å². The van der Waals surface area contributed by atoms with Crippen molar-refractivity contribution in [3.8, 4) is 0 Å². The van der Waals surface area contributed by atoms with E-state index in [2.05, 4.69) is 4.98 Å². The number of nitrogens with two attached hydrogens (primary N) is 1. The van der Waals surface area contributed by atoms with Gasteiger partial charge in [-0.25, -0.2) is 4.98 Å². The van der Waals surface area contributed by atoms with Gasteiger partial charge in [0.05, 0.1) is 5.56 Å². The predicted octanol–water partition coefficient (Wildman–Crippen LogP) is 2.42. The van der Waals surface area contributed by atoms with Crippen LogP contribution >= 0.6 is 11.6 Å². The topological polar surface area (TPSA) is 73.0 Å². The first-order valence-electron chi connectivity index (χ1n) is 5.59. The third kappa shape index (κ3) is 2.31. The molecule has 1 aromatic heterocycles. The monoisotopic (exact) mass is 252 g/mol. The van der Waals surface area contributed by atoms with E-state index in [-0.39, 0.29) is 23.1 Å². The molecule has 2 rings (SSSR count). The number of nitrogen functional groups attached to an aromatic ring is 1. The van der Waals surface area contributed by atoms with Gasteiger partial charge in [0.15, 0.2) is 5.78 Å². The van der Waals surface area contributed by atoms with Gasteiger partial charge in [-0.1, -0.05) is 12.8 Å². The van der Waals surface area contributed by atoms with Gasteiger partial charge in [-0.3, -0.25) is 9.59 Å². The standard InChI is InChI=1S/C12H13ClN2O2/c13-11(17)9-8(5-6-15-12(9)14)10(16)7-3-1-2-4-7/h5-7H,1-4H2,(H2,14,15). The molecule has 2 N–H and O–H groups in total. The first-order chi connectivity index (χ1) is 8.11. The lowest BCUT2D eigenvalue weighted by molar-refractivity contribution is 0.0916. The molecule has 1 fully saturated rings. The van der Waals surface area contributed by atoms with Crippen LogP contribution in [0.25, 0.3) is 0 Å². The van der Waals surface area contributed by atoms with Crippen LogP contribution < -0.4 is 5.73 Å². The van der Waals surface area contributed by atoms with Gasteiger partial charge >= 0.3 is 0 Å². The van der Waals surface area contributed by atoms with Crippen molar-refractivity contribution in [2.24, 2.45) is 5.92 Å². The van der Waals surface area contributed by atoms with Crippen molar-refractivity contribution in [3.05, 3.63) is 23.4 Å². The highest BCUT2D eigenvalue weighted by atomic mass is 35.5. The number of nitrogens with zero attached hydrogens (tertiary/aromatic N) is 1. The number of hydrogen-bond donors (Lipinski definition) is 1. The molecule has 0 saturated heterocycles. The van der Waals surface area contributed by atoms with Crippen LogP contribution in [0.5, 0.6) is 0 Å². The van der Waals surface area contributed by atoms with Crippen molar-refractivity contribution in [1.29, 1.82) is 0 Å². The molecule has 1 heterocycles. The summed E-state index contributed by atoms with van der Waals surface area (Å²) >= 11 is 5.45. The zero-order valence-electron chi connectivity index (χ0n) is 9.28. The number of Topliss-reactive ketones (excluding diaryl/α,β-unsaturated/α-hetero) is 1. The Kier molecular flexibility index (Phi) is 3.43.